The van der Waals surface area contributed by atoms with Crippen molar-refractivity contribution in [2.75, 3.05) is 0 Å². The van der Waals surface area contributed by atoms with E-state index in [4.69, 9.17) is 5.73 Å². The molecule has 0 atom stereocenters. The predicted octanol–water partition coefficient (Wildman–Crippen LogP) is 5.23. The average molecular weight is 525 g/mol. The van der Waals surface area contributed by atoms with E-state index >= 15 is 0 Å². The van der Waals surface area contributed by atoms with E-state index in [1.165, 1.54) is 6.07 Å². The second kappa shape index (κ2) is 8.99. The van der Waals surface area contributed by atoms with E-state index in [0.717, 1.165) is 37.4 Å². The van der Waals surface area contributed by atoms with E-state index < -0.39 is 41.1 Å². The van der Waals surface area contributed by atoms with Gasteiger partial charge in [-0.25, -0.2) is 4.99 Å². The van der Waals surface area contributed by atoms with Crippen LogP contribution in [0.1, 0.15) is 44.1 Å². The fourth-order valence-corrected chi connectivity index (χ4v) is 3.98. The first-order valence-electron chi connectivity index (χ1n) is 9.64. The number of hydrogen-bond acceptors (Lipinski definition) is 5. The second-order valence-corrected chi connectivity index (χ2v) is 8.57. The number of aromatic nitrogens is 1. The highest BCUT2D eigenvalue weighted by molar-refractivity contribution is 7.14. The molecule has 188 valence electrons. The number of carbonyl (C=O) groups excluding carboxylic acids is 1. The Bertz CT molecular complexity index is 1240. The molecule has 2 aromatic heterocycles. The number of halogens is 8. The molecular weight excluding hydrogens is 510 g/mol. The van der Waals surface area contributed by atoms with Crippen LogP contribution in [0.3, 0.4) is 0 Å². The van der Waals surface area contributed by atoms with Crippen molar-refractivity contribution in [2.24, 2.45) is 17.8 Å². The molecule has 1 aliphatic carbocycles. The summed E-state index contributed by atoms with van der Waals surface area (Å²) in [7, 11) is 0.822. The van der Waals surface area contributed by atoms with E-state index in [-0.39, 0.29) is 33.1 Å². The lowest BCUT2D eigenvalue weighted by atomic mass is 10.1. The Morgan fingerprint density at radius 1 is 1.26 bits per heavy atom. The van der Waals surface area contributed by atoms with E-state index in [9.17, 15) is 45.2 Å². The van der Waals surface area contributed by atoms with E-state index in [1.807, 2.05) is 6.07 Å². The van der Waals surface area contributed by atoms with Crippen LogP contribution in [-0.2, 0) is 19.1 Å². The van der Waals surface area contributed by atoms with E-state index in [2.05, 4.69) is 10.3 Å². The number of allylic oxidation sites excluding steroid dienone is 1. The number of thiophene rings is 1. The standard InChI is InChI=1S/C20H15F8N5OS/c1-33-8-12(19(23,24)25)15(18(21,22)20(26,27)28)16(33)31-7-9(5-29)13-4-11(14(6-30)35-13)17(34)32-10-2-3-10/h4-5,7-8,10H,2-3,29H2,1H3,(H,32,34). The van der Waals surface area contributed by atoms with Crippen molar-refractivity contribution >= 4 is 34.8 Å². The number of nitrogens with two attached hydrogens (primary N) is 1. The predicted molar refractivity (Wildman–Crippen MR) is 110 cm³/mol. The summed E-state index contributed by atoms with van der Waals surface area (Å²) in [5.41, 5.74) is 0.787. The largest absolute Gasteiger partial charge is 0.458 e. The van der Waals surface area contributed by atoms with E-state index in [0.29, 0.717) is 10.8 Å². The fraction of sp³-hybridized carbons (Fsp3) is 0.350. The number of nitriles is 1. The van der Waals surface area contributed by atoms with Crippen LogP contribution in [0.15, 0.2) is 23.5 Å². The number of nitrogens with zero attached hydrogens (tertiary/aromatic N) is 3. The summed E-state index contributed by atoms with van der Waals surface area (Å²) in [6, 6.07) is 3.02. The molecule has 15 heteroatoms. The van der Waals surface area contributed by atoms with Crippen molar-refractivity contribution in [1.29, 1.82) is 5.26 Å². The van der Waals surface area contributed by atoms with Crippen molar-refractivity contribution in [2.45, 2.75) is 37.2 Å². The smallest absolute Gasteiger partial charge is 0.404 e. The molecule has 0 aromatic carbocycles. The van der Waals surface area contributed by atoms with Gasteiger partial charge in [-0.05, 0) is 18.9 Å². The zero-order valence-electron chi connectivity index (χ0n) is 17.6. The van der Waals surface area contributed by atoms with Gasteiger partial charge in [0.25, 0.3) is 5.91 Å². The topological polar surface area (TPSA) is 96.2 Å². The van der Waals surface area contributed by atoms with Crippen LogP contribution in [0.5, 0.6) is 0 Å². The Morgan fingerprint density at radius 2 is 1.89 bits per heavy atom. The SMILES string of the molecule is Cn1cc(C(F)(F)F)c(C(F)(F)C(F)(F)F)c1N=CC(=CN)c1cc(C(=O)NC2CC2)c(C#N)s1. The highest BCUT2D eigenvalue weighted by atomic mass is 32.1. The van der Waals surface area contributed by atoms with Crippen molar-refractivity contribution in [3.8, 4) is 6.07 Å². The molecule has 35 heavy (non-hydrogen) atoms. The first-order chi connectivity index (χ1) is 16.1. The van der Waals surface area contributed by atoms with Crippen LogP contribution < -0.4 is 11.1 Å². The second-order valence-electron chi connectivity index (χ2n) is 7.52. The van der Waals surface area contributed by atoms with Crippen molar-refractivity contribution in [3.63, 3.8) is 0 Å². The summed E-state index contributed by atoms with van der Waals surface area (Å²) in [6.07, 6.45) is -8.70. The number of amides is 1. The molecular formula is C20H15F8N5OS. The molecule has 0 unspecified atom stereocenters. The first-order valence-corrected chi connectivity index (χ1v) is 10.5. The van der Waals surface area contributed by atoms with Gasteiger partial charge in [-0.2, -0.15) is 40.4 Å². The highest BCUT2D eigenvalue weighted by Gasteiger charge is 2.63. The summed E-state index contributed by atoms with van der Waals surface area (Å²) < 4.78 is 107. The molecule has 0 radical (unpaired) electrons. The number of alkyl halides is 8. The van der Waals surface area contributed by atoms with Gasteiger partial charge in [0.05, 0.1) is 16.7 Å². The Balaban J connectivity index is 2.06. The first kappa shape index (κ1) is 26.2. The number of aliphatic imine (C=N–C) groups is 1. The van der Waals surface area contributed by atoms with Gasteiger partial charge >= 0.3 is 18.3 Å². The molecule has 2 heterocycles. The molecule has 1 fully saturated rings. The summed E-state index contributed by atoms with van der Waals surface area (Å²) in [6.45, 7) is 0. The van der Waals surface area contributed by atoms with Crippen molar-refractivity contribution in [3.05, 3.63) is 44.9 Å². The Hall–Kier alpha value is -3.41. The third kappa shape index (κ3) is 5.16. The van der Waals surface area contributed by atoms with Gasteiger partial charge in [0.2, 0.25) is 0 Å². The summed E-state index contributed by atoms with van der Waals surface area (Å²) in [5, 5.41) is 12.0. The van der Waals surface area contributed by atoms with Crippen LogP contribution in [0.2, 0.25) is 0 Å². The normalized spacial score (nSPS) is 15.5. The molecule has 6 nitrogen and oxygen atoms in total. The molecule has 2 aromatic rings. The maximum atomic E-state index is 14.1. The van der Waals surface area contributed by atoms with Crippen LogP contribution >= 0.6 is 11.3 Å². The van der Waals surface area contributed by atoms with Crippen LogP contribution in [0.25, 0.3) is 5.57 Å². The summed E-state index contributed by atoms with van der Waals surface area (Å²) in [4.78, 5) is 15.9. The minimum absolute atomic E-state index is 0.0188. The van der Waals surface area contributed by atoms with Gasteiger partial charge in [-0.1, -0.05) is 0 Å². The molecule has 0 saturated heterocycles. The molecule has 0 aliphatic heterocycles. The summed E-state index contributed by atoms with van der Waals surface area (Å²) >= 11 is 0.754. The monoisotopic (exact) mass is 525 g/mol. The molecule has 0 bridgehead atoms. The minimum atomic E-state index is -6.33. The zero-order chi connectivity index (χ0) is 26.3. The lowest BCUT2D eigenvalue weighted by molar-refractivity contribution is -0.290. The number of hydrogen-bond donors (Lipinski definition) is 2. The van der Waals surface area contributed by atoms with E-state index in [1.54, 1.807) is 0 Å². The van der Waals surface area contributed by atoms with Crippen LogP contribution in [0.4, 0.5) is 40.9 Å². The van der Waals surface area contributed by atoms with Crippen LogP contribution in [-0.4, -0.2) is 28.9 Å². The van der Waals surface area contributed by atoms with Crippen LogP contribution in [0, 0.1) is 11.3 Å². The van der Waals surface area contributed by atoms with Gasteiger partial charge in [0.1, 0.15) is 16.8 Å². The third-order valence-electron chi connectivity index (χ3n) is 4.91. The molecule has 3 N–H and O–H groups in total. The molecule has 1 aliphatic rings. The summed E-state index contributed by atoms with van der Waals surface area (Å²) in [5.74, 6) is -7.73. The number of carbonyl (C=O) groups is 1. The third-order valence-corrected chi connectivity index (χ3v) is 5.99. The van der Waals surface area contributed by atoms with Gasteiger partial charge in [-0.15, -0.1) is 11.3 Å². The molecule has 1 amide bonds. The Labute approximate surface area is 196 Å². The quantitative estimate of drug-likeness (QED) is 0.400. The number of rotatable bonds is 6. The minimum Gasteiger partial charge on any atom is -0.404 e. The average Bonchev–Trinajstić information content (AvgIpc) is 3.33. The van der Waals surface area contributed by atoms with Gasteiger partial charge in [-0.3, -0.25) is 4.79 Å². The molecule has 3 rings (SSSR count). The number of aryl methyl sites for hydroxylation is 1. The van der Waals surface area contributed by atoms with Gasteiger partial charge < -0.3 is 15.6 Å². The maximum absolute atomic E-state index is 14.1. The van der Waals surface area contributed by atoms with Gasteiger partial charge in [0, 0.05) is 42.2 Å². The lowest BCUT2D eigenvalue weighted by Crippen LogP contribution is -2.35. The van der Waals surface area contributed by atoms with Crippen molar-refractivity contribution < 1.29 is 39.9 Å². The van der Waals surface area contributed by atoms with Crippen molar-refractivity contribution in [1.82, 2.24) is 9.88 Å². The molecule has 1 saturated carbocycles. The Morgan fingerprint density at radius 3 is 2.37 bits per heavy atom. The maximum Gasteiger partial charge on any atom is 0.458 e. The van der Waals surface area contributed by atoms with Gasteiger partial charge in [0.15, 0.2) is 0 Å². The lowest BCUT2D eigenvalue weighted by Gasteiger charge is -2.21. The highest BCUT2D eigenvalue weighted by Crippen LogP contribution is 2.52. The fourth-order valence-electron chi connectivity index (χ4n) is 3.03. The number of nitrogens with one attached hydrogen (secondary N) is 1. The zero-order valence-corrected chi connectivity index (χ0v) is 18.4. The Kier molecular flexibility index (Phi) is 6.73. The molecule has 0 spiro atoms.